The zero-order valence-electron chi connectivity index (χ0n) is 9.95. The maximum absolute atomic E-state index is 11.8. The van der Waals surface area contributed by atoms with Gasteiger partial charge in [0.15, 0.2) is 0 Å². The highest BCUT2D eigenvalue weighted by Crippen LogP contribution is 2.28. The van der Waals surface area contributed by atoms with Gasteiger partial charge in [0.25, 0.3) is 5.91 Å². The van der Waals surface area contributed by atoms with Crippen LogP contribution in [0.15, 0.2) is 18.2 Å². The summed E-state index contributed by atoms with van der Waals surface area (Å²) in [5.74, 6) is 0.0746. The Morgan fingerprint density at radius 3 is 2.75 bits per heavy atom. The molecule has 1 aliphatic rings. The molecule has 86 valence electrons. The minimum Gasteiger partial charge on any atom is -0.395 e. The second kappa shape index (κ2) is 3.59. The Hall–Kier alpha value is -1.35. The molecule has 1 aromatic carbocycles. The molecule has 16 heavy (non-hydrogen) atoms. The third kappa shape index (κ3) is 1.61. The maximum Gasteiger partial charge on any atom is 0.254 e. The summed E-state index contributed by atoms with van der Waals surface area (Å²) in [5, 5.41) is 9.32. The van der Waals surface area contributed by atoms with Crippen molar-refractivity contribution in [3.8, 4) is 0 Å². The van der Waals surface area contributed by atoms with E-state index in [-0.39, 0.29) is 17.9 Å². The van der Waals surface area contributed by atoms with E-state index < -0.39 is 0 Å². The number of fused-ring (bicyclic) bond motifs is 1. The molecule has 3 heteroatoms. The zero-order chi connectivity index (χ0) is 11.9. The van der Waals surface area contributed by atoms with Crippen molar-refractivity contribution >= 4 is 5.91 Å². The minimum atomic E-state index is -0.295. The van der Waals surface area contributed by atoms with Crippen LogP contribution in [0.25, 0.3) is 0 Å². The number of hydrogen-bond donors (Lipinski definition) is 1. The van der Waals surface area contributed by atoms with Crippen LogP contribution >= 0.6 is 0 Å². The molecule has 3 nitrogen and oxygen atoms in total. The zero-order valence-corrected chi connectivity index (χ0v) is 9.95. The van der Waals surface area contributed by atoms with Crippen LogP contribution in [0.2, 0.25) is 0 Å². The Bertz CT molecular complexity index is 438. The molecule has 0 unspecified atom stereocenters. The van der Waals surface area contributed by atoms with Crippen LogP contribution in [0.5, 0.6) is 0 Å². The van der Waals surface area contributed by atoms with Crippen molar-refractivity contribution in [3.05, 3.63) is 34.9 Å². The Labute approximate surface area is 95.7 Å². The summed E-state index contributed by atoms with van der Waals surface area (Å²) in [6.07, 6.45) is 0. The molecular weight excluding hydrogens is 202 g/mol. The van der Waals surface area contributed by atoms with Gasteiger partial charge < -0.3 is 10.0 Å². The lowest BCUT2D eigenvalue weighted by Crippen LogP contribution is -2.22. The number of aliphatic hydroxyl groups is 1. The van der Waals surface area contributed by atoms with Crippen molar-refractivity contribution < 1.29 is 9.90 Å². The number of nitrogens with zero attached hydrogens (tertiary/aromatic N) is 1. The number of carbonyl (C=O) groups excluding carboxylic acids is 1. The van der Waals surface area contributed by atoms with Gasteiger partial charge in [0.1, 0.15) is 0 Å². The van der Waals surface area contributed by atoms with E-state index in [9.17, 15) is 9.90 Å². The first-order valence-corrected chi connectivity index (χ1v) is 5.45. The van der Waals surface area contributed by atoms with Crippen molar-refractivity contribution in [2.24, 2.45) is 0 Å². The van der Waals surface area contributed by atoms with E-state index in [2.05, 4.69) is 0 Å². The van der Waals surface area contributed by atoms with Crippen LogP contribution in [0.1, 0.15) is 35.3 Å². The summed E-state index contributed by atoms with van der Waals surface area (Å²) in [6.45, 7) is 4.71. The Balaban J connectivity index is 2.45. The van der Waals surface area contributed by atoms with Gasteiger partial charge in [0, 0.05) is 24.6 Å². The summed E-state index contributed by atoms with van der Waals surface area (Å²) < 4.78 is 0. The lowest BCUT2D eigenvalue weighted by Gasteiger charge is -2.22. The first-order chi connectivity index (χ1) is 7.45. The van der Waals surface area contributed by atoms with Gasteiger partial charge in [-0.2, -0.15) is 0 Å². The van der Waals surface area contributed by atoms with Crippen LogP contribution in [0.3, 0.4) is 0 Å². The summed E-state index contributed by atoms with van der Waals surface area (Å²) in [7, 11) is 1.80. The van der Waals surface area contributed by atoms with E-state index >= 15 is 0 Å². The third-order valence-corrected chi connectivity index (χ3v) is 3.27. The monoisotopic (exact) mass is 219 g/mol. The highest BCUT2D eigenvalue weighted by atomic mass is 16.3. The van der Waals surface area contributed by atoms with Crippen molar-refractivity contribution in [2.75, 3.05) is 13.7 Å². The average Bonchev–Trinajstić information content (AvgIpc) is 2.55. The van der Waals surface area contributed by atoms with E-state index in [1.165, 1.54) is 0 Å². The topological polar surface area (TPSA) is 40.5 Å². The van der Waals surface area contributed by atoms with Gasteiger partial charge in [-0.15, -0.1) is 0 Å². The fraction of sp³-hybridized carbons (Fsp3) is 0.462. The molecule has 0 radical (unpaired) electrons. The fourth-order valence-corrected chi connectivity index (χ4v) is 1.96. The normalized spacial score (nSPS) is 15.5. The molecule has 2 rings (SSSR count). The maximum atomic E-state index is 11.8. The lowest BCUT2D eigenvalue weighted by atomic mass is 9.84. The van der Waals surface area contributed by atoms with Gasteiger partial charge in [0.05, 0.1) is 6.61 Å². The molecule has 0 fully saturated rings. The summed E-state index contributed by atoms with van der Waals surface area (Å²) in [5.41, 5.74) is 2.57. The largest absolute Gasteiger partial charge is 0.395 e. The van der Waals surface area contributed by atoms with Crippen LogP contribution in [0, 0.1) is 0 Å². The SMILES string of the molecule is CN1Cc2ccc(C(C)(C)CO)cc2C1=O. The van der Waals surface area contributed by atoms with Crippen molar-refractivity contribution in [3.63, 3.8) is 0 Å². The molecule has 0 bridgehead atoms. The number of benzene rings is 1. The van der Waals surface area contributed by atoms with E-state index in [0.29, 0.717) is 6.54 Å². The molecule has 1 heterocycles. The van der Waals surface area contributed by atoms with Gasteiger partial charge >= 0.3 is 0 Å². The summed E-state index contributed by atoms with van der Waals surface area (Å²) in [4.78, 5) is 13.5. The molecule has 1 aromatic rings. The number of rotatable bonds is 2. The minimum absolute atomic E-state index is 0.0746. The highest BCUT2D eigenvalue weighted by Gasteiger charge is 2.27. The smallest absolute Gasteiger partial charge is 0.254 e. The van der Waals surface area contributed by atoms with Gasteiger partial charge in [-0.1, -0.05) is 26.0 Å². The third-order valence-electron chi connectivity index (χ3n) is 3.27. The first kappa shape index (κ1) is 11.1. The molecule has 0 atom stereocenters. The summed E-state index contributed by atoms with van der Waals surface area (Å²) in [6, 6.07) is 5.91. The van der Waals surface area contributed by atoms with Gasteiger partial charge in [-0.3, -0.25) is 4.79 Å². The molecule has 0 saturated carbocycles. The molecule has 0 aromatic heterocycles. The fourth-order valence-electron chi connectivity index (χ4n) is 1.96. The number of aliphatic hydroxyl groups excluding tert-OH is 1. The van der Waals surface area contributed by atoms with E-state index in [4.69, 9.17) is 0 Å². The van der Waals surface area contributed by atoms with Gasteiger partial charge in [-0.25, -0.2) is 0 Å². The van der Waals surface area contributed by atoms with Crippen molar-refractivity contribution in [1.29, 1.82) is 0 Å². The standard InChI is InChI=1S/C13H17NO2/c1-13(2,8-15)10-5-4-9-7-14(3)12(16)11(9)6-10/h4-6,15H,7-8H2,1-3H3. The Morgan fingerprint density at radius 1 is 1.44 bits per heavy atom. The van der Waals surface area contributed by atoms with Crippen LogP contribution < -0.4 is 0 Å². The number of amides is 1. The second-order valence-corrected chi connectivity index (χ2v) is 5.08. The predicted octanol–water partition coefficient (Wildman–Crippen LogP) is 1.54. The predicted molar refractivity (Wildman–Crippen MR) is 62.4 cm³/mol. The first-order valence-electron chi connectivity index (χ1n) is 5.45. The molecule has 0 spiro atoms. The van der Waals surface area contributed by atoms with Crippen LogP contribution in [-0.2, 0) is 12.0 Å². The average molecular weight is 219 g/mol. The Morgan fingerprint density at radius 2 is 2.12 bits per heavy atom. The van der Waals surface area contributed by atoms with Gasteiger partial charge in [0.2, 0.25) is 0 Å². The molecule has 1 aliphatic heterocycles. The van der Waals surface area contributed by atoms with E-state index in [1.54, 1.807) is 11.9 Å². The molecule has 0 saturated heterocycles. The molecule has 0 aliphatic carbocycles. The number of hydrogen-bond acceptors (Lipinski definition) is 2. The lowest BCUT2D eigenvalue weighted by molar-refractivity contribution is 0.0816. The number of carbonyl (C=O) groups is 1. The van der Waals surface area contributed by atoms with Crippen LogP contribution in [0.4, 0.5) is 0 Å². The van der Waals surface area contributed by atoms with Gasteiger partial charge in [-0.05, 0) is 17.2 Å². The molecule has 1 N–H and O–H groups in total. The Kier molecular flexibility index (Phi) is 2.50. The highest BCUT2D eigenvalue weighted by molar-refractivity contribution is 5.98. The van der Waals surface area contributed by atoms with E-state index in [0.717, 1.165) is 16.7 Å². The van der Waals surface area contributed by atoms with Crippen molar-refractivity contribution in [2.45, 2.75) is 25.8 Å². The molecule has 1 amide bonds. The van der Waals surface area contributed by atoms with E-state index in [1.807, 2.05) is 32.0 Å². The second-order valence-electron chi connectivity index (χ2n) is 5.08. The quantitative estimate of drug-likeness (QED) is 0.819. The van der Waals surface area contributed by atoms with Crippen molar-refractivity contribution in [1.82, 2.24) is 4.90 Å². The van der Waals surface area contributed by atoms with Crippen LogP contribution in [-0.4, -0.2) is 29.6 Å². The summed E-state index contributed by atoms with van der Waals surface area (Å²) >= 11 is 0. The molecular formula is C13H17NO2.